The Morgan fingerprint density at radius 2 is 1.81 bits per heavy atom. The van der Waals surface area contributed by atoms with Crippen molar-refractivity contribution in [2.24, 2.45) is 0 Å². The van der Waals surface area contributed by atoms with E-state index in [0.717, 1.165) is 0 Å². The van der Waals surface area contributed by atoms with Gasteiger partial charge in [-0.25, -0.2) is 9.59 Å². The molecule has 0 bridgehead atoms. The number of nitrogens with one attached hydrogen (secondary N) is 1. The molecular weight excluding hydrogens is 278 g/mol. The number of rotatable bonds is 3. The van der Waals surface area contributed by atoms with Gasteiger partial charge in [0.2, 0.25) is 0 Å². The van der Waals surface area contributed by atoms with Crippen LogP contribution in [0.2, 0.25) is 0 Å². The first-order valence-electron chi connectivity index (χ1n) is 4.93. The minimum atomic E-state index is -1.23. The second-order valence-corrected chi connectivity index (χ2v) is 5.63. The zero-order chi connectivity index (χ0) is 13.0. The first kappa shape index (κ1) is 15.2. The third kappa shape index (κ3) is 4.83. The number of hydrogen-bond acceptors (Lipinski definition) is 4. The van der Waals surface area contributed by atoms with Crippen molar-refractivity contribution in [2.75, 3.05) is 7.11 Å². The molecule has 0 aliphatic rings. The average molecular weight is 296 g/mol. The van der Waals surface area contributed by atoms with Crippen molar-refractivity contribution < 1.29 is 19.1 Å². The third-order valence-corrected chi connectivity index (χ3v) is 2.78. The molecule has 0 aliphatic carbocycles. The zero-order valence-corrected chi connectivity index (χ0v) is 11.8. The molecule has 6 heteroatoms. The van der Waals surface area contributed by atoms with Crippen LogP contribution in [0.15, 0.2) is 0 Å². The summed E-state index contributed by atoms with van der Waals surface area (Å²) in [6.07, 6.45) is -0.324. The van der Waals surface area contributed by atoms with Gasteiger partial charge >= 0.3 is 12.1 Å². The second-order valence-electron chi connectivity index (χ2n) is 4.27. The first-order chi connectivity index (χ1) is 7.14. The predicted molar refractivity (Wildman–Crippen MR) is 63.3 cm³/mol. The van der Waals surface area contributed by atoms with E-state index in [4.69, 9.17) is 4.74 Å². The van der Waals surface area contributed by atoms with Crippen LogP contribution in [-0.2, 0) is 14.3 Å². The molecule has 1 unspecified atom stereocenters. The number of alkyl halides is 1. The van der Waals surface area contributed by atoms with Crippen molar-refractivity contribution in [3.8, 4) is 0 Å². The van der Waals surface area contributed by atoms with E-state index in [2.05, 4.69) is 26.0 Å². The summed E-state index contributed by atoms with van der Waals surface area (Å²) in [5, 5.41) is 2.43. The number of carbonyl (C=O) groups is 2. The summed E-state index contributed by atoms with van der Waals surface area (Å²) in [6.45, 7) is 6.97. The standard InChI is InChI=1S/C10H18BrNO4/c1-6-10(11,7(13)15-5)12-8(14)16-9(2,3)4/h6H2,1-5H3,(H,12,14). The van der Waals surface area contributed by atoms with Crippen LogP contribution < -0.4 is 5.32 Å². The van der Waals surface area contributed by atoms with Crippen LogP contribution in [0.5, 0.6) is 0 Å². The molecule has 1 atom stereocenters. The highest BCUT2D eigenvalue weighted by atomic mass is 79.9. The highest BCUT2D eigenvalue weighted by molar-refractivity contribution is 9.10. The summed E-state index contributed by atoms with van der Waals surface area (Å²) in [7, 11) is 1.25. The Bertz CT molecular complexity index is 274. The number of alkyl carbamates (subject to hydrolysis) is 1. The molecule has 5 nitrogen and oxygen atoms in total. The molecule has 0 spiro atoms. The Labute approximate surface area is 104 Å². The summed E-state index contributed by atoms with van der Waals surface area (Å²) < 4.78 is 8.39. The largest absolute Gasteiger partial charge is 0.467 e. The number of amides is 1. The molecule has 0 rings (SSSR count). The molecule has 94 valence electrons. The fourth-order valence-electron chi connectivity index (χ4n) is 0.911. The van der Waals surface area contributed by atoms with Crippen molar-refractivity contribution in [1.82, 2.24) is 5.32 Å². The summed E-state index contributed by atoms with van der Waals surface area (Å²) in [4.78, 5) is 22.9. The van der Waals surface area contributed by atoms with E-state index >= 15 is 0 Å². The van der Waals surface area contributed by atoms with Gasteiger partial charge in [0.1, 0.15) is 5.60 Å². The quantitative estimate of drug-likeness (QED) is 0.492. The van der Waals surface area contributed by atoms with Gasteiger partial charge in [-0.2, -0.15) is 0 Å². The van der Waals surface area contributed by atoms with Crippen LogP contribution in [-0.4, -0.2) is 29.2 Å². The van der Waals surface area contributed by atoms with Gasteiger partial charge in [0, 0.05) is 0 Å². The lowest BCUT2D eigenvalue weighted by atomic mass is 10.2. The van der Waals surface area contributed by atoms with Gasteiger partial charge in [-0.1, -0.05) is 6.92 Å². The molecular formula is C10H18BrNO4. The Balaban J connectivity index is 4.55. The number of methoxy groups -OCH3 is 1. The van der Waals surface area contributed by atoms with E-state index in [-0.39, 0.29) is 0 Å². The van der Waals surface area contributed by atoms with E-state index in [1.807, 2.05) is 0 Å². The van der Waals surface area contributed by atoms with Crippen LogP contribution in [0.3, 0.4) is 0 Å². The summed E-state index contributed by atoms with van der Waals surface area (Å²) in [5.74, 6) is -0.569. The SMILES string of the molecule is CCC(Br)(NC(=O)OC(C)(C)C)C(=O)OC. The zero-order valence-electron chi connectivity index (χ0n) is 10.2. The normalized spacial score (nSPS) is 14.9. The van der Waals surface area contributed by atoms with Crippen LogP contribution in [0.25, 0.3) is 0 Å². The van der Waals surface area contributed by atoms with Gasteiger partial charge in [0.05, 0.1) is 7.11 Å². The Morgan fingerprint density at radius 3 is 2.12 bits per heavy atom. The molecule has 0 radical (unpaired) electrons. The first-order valence-corrected chi connectivity index (χ1v) is 5.72. The summed E-state index contributed by atoms with van der Waals surface area (Å²) >= 11 is 3.13. The molecule has 0 saturated heterocycles. The molecule has 0 aromatic rings. The predicted octanol–water partition coefficient (Wildman–Crippen LogP) is 2.19. The maximum atomic E-state index is 11.5. The van der Waals surface area contributed by atoms with Crippen molar-refractivity contribution in [3.63, 3.8) is 0 Å². The minimum Gasteiger partial charge on any atom is -0.467 e. The van der Waals surface area contributed by atoms with Gasteiger partial charge in [-0.05, 0) is 43.1 Å². The number of ether oxygens (including phenoxy) is 2. The fraction of sp³-hybridized carbons (Fsp3) is 0.800. The summed E-state index contributed by atoms with van der Waals surface area (Å²) in [6, 6.07) is 0. The van der Waals surface area contributed by atoms with Gasteiger partial charge < -0.3 is 9.47 Å². The van der Waals surface area contributed by atoms with Crippen LogP contribution in [0.1, 0.15) is 34.1 Å². The van der Waals surface area contributed by atoms with Gasteiger partial charge in [-0.15, -0.1) is 0 Å². The Hall–Kier alpha value is -0.780. The highest BCUT2D eigenvalue weighted by Gasteiger charge is 2.37. The van der Waals surface area contributed by atoms with Crippen molar-refractivity contribution in [2.45, 2.75) is 44.2 Å². The monoisotopic (exact) mass is 295 g/mol. The average Bonchev–Trinajstić information content (AvgIpc) is 2.13. The smallest absolute Gasteiger partial charge is 0.409 e. The Kier molecular flexibility index (Phi) is 5.25. The van der Waals surface area contributed by atoms with Crippen molar-refractivity contribution in [1.29, 1.82) is 0 Å². The minimum absolute atomic E-state index is 0.346. The molecule has 0 saturated carbocycles. The molecule has 1 amide bonds. The van der Waals surface area contributed by atoms with E-state index < -0.39 is 22.1 Å². The molecule has 0 aromatic carbocycles. The lowest BCUT2D eigenvalue weighted by molar-refractivity contribution is -0.144. The molecule has 1 N–H and O–H groups in total. The van der Waals surface area contributed by atoms with Gasteiger partial charge in [0.25, 0.3) is 0 Å². The number of esters is 1. The molecule has 0 heterocycles. The van der Waals surface area contributed by atoms with E-state index in [9.17, 15) is 9.59 Å². The summed E-state index contributed by atoms with van der Waals surface area (Å²) in [5.41, 5.74) is -0.609. The maximum absolute atomic E-state index is 11.5. The van der Waals surface area contributed by atoms with Crippen molar-refractivity contribution >= 4 is 28.0 Å². The highest BCUT2D eigenvalue weighted by Crippen LogP contribution is 2.21. The topological polar surface area (TPSA) is 64.6 Å². The lowest BCUT2D eigenvalue weighted by Crippen LogP contribution is -2.51. The number of hydrogen-bond donors (Lipinski definition) is 1. The maximum Gasteiger partial charge on any atom is 0.409 e. The fourth-order valence-corrected chi connectivity index (χ4v) is 1.23. The van der Waals surface area contributed by atoms with Gasteiger partial charge in [-0.3, -0.25) is 5.32 Å². The van der Waals surface area contributed by atoms with E-state index in [1.165, 1.54) is 7.11 Å². The van der Waals surface area contributed by atoms with E-state index in [0.29, 0.717) is 6.42 Å². The van der Waals surface area contributed by atoms with Gasteiger partial charge in [0.15, 0.2) is 4.45 Å². The van der Waals surface area contributed by atoms with Crippen LogP contribution >= 0.6 is 15.9 Å². The third-order valence-electron chi connectivity index (χ3n) is 1.70. The number of carbonyl (C=O) groups excluding carboxylic acids is 2. The number of halogens is 1. The van der Waals surface area contributed by atoms with Crippen LogP contribution in [0, 0.1) is 0 Å². The molecule has 16 heavy (non-hydrogen) atoms. The van der Waals surface area contributed by atoms with Crippen molar-refractivity contribution in [3.05, 3.63) is 0 Å². The lowest BCUT2D eigenvalue weighted by Gasteiger charge is -2.27. The van der Waals surface area contributed by atoms with E-state index in [1.54, 1.807) is 27.7 Å². The van der Waals surface area contributed by atoms with Crippen LogP contribution in [0.4, 0.5) is 4.79 Å². The molecule has 0 aromatic heterocycles. The second kappa shape index (κ2) is 5.52. The Morgan fingerprint density at radius 1 is 1.31 bits per heavy atom. The molecule has 0 fully saturated rings. The molecule has 0 aliphatic heterocycles.